The van der Waals surface area contributed by atoms with Crippen LogP contribution in [-0.4, -0.2) is 46.7 Å². The monoisotopic (exact) mass is 505 g/mol. The van der Waals surface area contributed by atoms with Crippen LogP contribution in [-0.2, 0) is 11.0 Å². The van der Waals surface area contributed by atoms with Crippen molar-refractivity contribution >= 4 is 46.7 Å². The molecule has 2 rings (SSSR count). The van der Waals surface area contributed by atoms with Gasteiger partial charge in [-0.3, -0.25) is 4.79 Å². The largest absolute Gasteiger partial charge is 0.446 e. The first kappa shape index (κ1) is 25.1. The highest BCUT2D eigenvalue weighted by Crippen LogP contribution is 2.45. The Morgan fingerprint density at radius 3 is 2.19 bits per heavy atom. The molecule has 0 spiro atoms. The molecule has 0 saturated heterocycles. The summed E-state index contributed by atoms with van der Waals surface area (Å²) in [4.78, 5) is 12.8. The number of benzene rings is 1. The fourth-order valence-electron chi connectivity index (χ4n) is 2.35. The molecule has 0 unspecified atom stereocenters. The number of halogens is 8. The van der Waals surface area contributed by atoms with Crippen molar-refractivity contribution < 1.29 is 31.1 Å². The minimum atomic E-state index is -4.87. The topological polar surface area (TPSA) is 74.0 Å². The van der Waals surface area contributed by atoms with Gasteiger partial charge in [0.25, 0.3) is 0 Å². The smallest absolute Gasteiger partial charge is 0.308 e. The molecular formula is C16H11Cl2F6N5OS. The molecular weight excluding hydrogens is 495 g/mol. The van der Waals surface area contributed by atoms with Crippen molar-refractivity contribution in [3.05, 3.63) is 33.4 Å². The van der Waals surface area contributed by atoms with Gasteiger partial charge < -0.3 is 10.2 Å². The number of amides is 1. The number of hydrogen-bond donors (Lipinski definition) is 1. The predicted octanol–water partition coefficient (Wildman–Crippen LogP) is 5.18. The average molecular weight is 506 g/mol. The van der Waals surface area contributed by atoms with Crippen molar-refractivity contribution in [1.29, 1.82) is 5.26 Å². The summed E-state index contributed by atoms with van der Waals surface area (Å²) in [6.07, 6.45) is -4.80. The summed E-state index contributed by atoms with van der Waals surface area (Å²) in [6.45, 7) is -0.252. The fourth-order valence-corrected chi connectivity index (χ4v) is 3.65. The number of nitrogens with one attached hydrogen (secondary N) is 1. The molecule has 0 bridgehead atoms. The van der Waals surface area contributed by atoms with E-state index in [-0.39, 0.29) is 6.54 Å². The Labute approximate surface area is 185 Å². The van der Waals surface area contributed by atoms with Crippen LogP contribution in [0.5, 0.6) is 0 Å². The van der Waals surface area contributed by atoms with Gasteiger partial charge in [-0.2, -0.15) is 36.7 Å². The normalized spacial score (nSPS) is 12.2. The minimum absolute atomic E-state index is 0.252. The number of carbonyl (C=O) groups excluding carboxylic acids is 1. The maximum atomic E-state index is 13.1. The van der Waals surface area contributed by atoms with Gasteiger partial charge in [-0.05, 0) is 38.0 Å². The van der Waals surface area contributed by atoms with Crippen LogP contribution in [0.4, 0.5) is 32.2 Å². The number of rotatable bonds is 5. The number of carbonyl (C=O) groups is 1. The van der Waals surface area contributed by atoms with E-state index in [1.165, 1.54) is 25.1 Å². The number of nitrogens with zero attached hydrogens (tertiary/aromatic N) is 4. The Morgan fingerprint density at radius 1 is 1.23 bits per heavy atom. The maximum Gasteiger partial charge on any atom is 0.446 e. The lowest BCUT2D eigenvalue weighted by molar-refractivity contribution is -0.137. The molecule has 1 aromatic heterocycles. The molecule has 0 radical (unpaired) electrons. The summed E-state index contributed by atoms with van der Waals surface area (Å²) in [5.41, 5.74) is -7.26. The van der Waals surface area contributed by atoms with Crippen molar-refractivity contribution in [2.75, 3.05) is 26.0 Å². The van der Waals surface area contributed by atoms with Gasteiger partial charge in [0.1, 0.15) is 11.8 Å². The van der Waals surface area contributed by atoms with Crippen LogP contribution >= 0.6 is 35.0 Å². The lowest BCUT2D eigenvalue weighted by Gasteiger charge is -2.16. The van der Waals surface area contributed by atoms with Crippen LogP contribution in [0.25, 0.3) is 5.69 Å². The highest BCUT2D eigenvalue weighted by atomic mass is 35.5. The number of nitriles is 1. The summed E-state index contributed by atoms with van der Waals surface area (Å²) in [6, 6.07) is 2.45. The van der Waals surface area contributed by atoms with Crippen molar-refractivity contribution in [2.45, 2.75) is 16.6 Å². The molecule has 2 aromatic rings. The zero-order valence-corrected chi connectivity index (χ0v) is 17.8. The molecule has 31 heavy (non-hydrogen) atoms. The number of anilines is 1. The Morgan fingerprint density at radius 2 is 1.77 bits per heavy atom. The van der Waals surface area contributed by atoms with E-state index < -0.39 is 67.1 Å². The second-order valence-electron chi connectivity index (χ2n) is 6.17. The van der Waals surface area contributed by atoms with E-state index in [0.29, 0.717) is 16.8 Å². The second-order valence-corrected chi connectivity index (χ2v) is 8.06. The van der Waals surface area contributed by atoms with Gasteiger partial charge in [0.2, 0.25) is 5.91 Å². The van der Waals surface area contributed by atoms with Gasteiger partial charge in [-0.15, -0.1) is 0 Å². The summed E-state index contributed by atoms with van der Waals surface area (Å²) in [7, 11) is 3.04. The molecule has 0 aliphatic rings. The van der Waals surface area contributed by atoms with Crippen LogP contribution in [0.15, 0.2) is 17.0 Å². The SMILES string of the molecule is CN(C)CC(=O)Nc1c(SC(F)(F)F)c(C#N)nn1-c1c(Cl)cc(C(F)(F)F)cc1Cl. The molecule has 0 saturated carbocycles. The molecule has 15 heteroatoms. The molecule has 1 amide bonds. The van der Waals surface area contributed by atoms with E-state index in [4.69, 9.17) is 23.2 Å². The van der Waals surface area contributed by atoms with Crippen LogP contribution in [0.3, 0.4) is 0 Å². The number of alkyl halides is 6. The van der Waals surface area contributed by atoms with Gasteiger partial charge in [-0.1, -0.05) is 23.2 Å². The Kier molecular flexibility index (Phi) is 7.42. The predicted molar refractivity (Wildman–Crippen MR) is 102 cm³/mol. The van der Waals surface area contributed by atoms with E-state index in [9.17, 15) is 36.4 Å². The van der Waals surface area contributed by atoms with E-state index in [1.54, 1.807) is 0 Å². The Balaban J connectivity index is 2.75. The zero-order chi connectivity index (χ0) is 23.7. The first-order valence-electron chi connectivity index (χ1n) is 7.94. The Hall–Kier alpha value is -2.14. The van der Waals surface area contributed by atoms with Crippen LogP contribution < -0.4 is 5.32 Å². The third kappa shape index (κ3) is 6.19. The van der Waals surface area contributed by atoms with Crippen LogP contribution in [0.2, 0.25) is 10.0 Å². The molecule has 1 heterocycles. The third-order valence-electron chi connectivity index (χ3n) is 3.44. The molecule has 168 valence electrons. The lowest BCUT2D eigenvalue weighted by atomic mass is 10.2. The van der Waals surface area contributed by atoms with Crippen LogP contribution in [0, 0.1) is 11.3 Å². The second kappa shape index (κ2) is 9.15. The quantitative estimate of drug-likeness (QED) is 0.447. The van der Waals surface area contributed by atoms with E-state index in [0.717, 1.165) is 0 Å². The molecule has 0 atom stereocenters. The summed E-state index contributed by atoms with van der Waals surface area (Å²) < 4.78 is 78.7. The standard InChI is InChI=1S/C16H11Cl2F6N5OS/c1-28(2)6-11(30)26-14-13(31-16(22,23)24)10(5-25)27-29(14)12-8(17)3-7(4-9(12)18)15(19,20)21/h3-4H,6H2,1-2H3,(H,26,30). The number of aromatic nitrogens is 2. The summed E-state index contributed by atoms with van der Waals surface area (Å²) >= 11 is 11.1. The third-order valence-corrected chi connectivity index (χ3v) is 4.84. The zero-order valence-electron chi connectivity index (χ0n) is 15.5. The lowest BCUT2D eigenvalue weighted by Crippen LogP contribution is -2.28. The maximum absolute atomic E-state index is 13.1. The van der Waals surface area contributed by atoms with Gasteiger partial charge in [0.15, 0.2) is 11.5 Å². The van der Waals surface area contributed by atoms with E-state index in [1.807, 2.05) is 0 Å². The number of hydrogen-bond acceptors (Lipinski definition) is 5. The fraction of sp³-hybridized carbons (Fsp3) is 0.312. The number of thioether (sulfide) groups is 1. The minimum Gasteiger partial charge on any atom is -0.308 e. The van der Waals surface area contributed by atoms with Gasteiger partial charge in [0, 0.05) is 0 Å². The van der Waals surface area contributed by atoms with Crippen molar-refractivity contribution in [3.63, 3.8) is 0 Å². The van der Waals surface area contributed by atoms with Crippen molar-refractivity contribution in [3.8, 4) is 11.8 Å². The molecule has 1 aromatic carbocycles. The molecule has 0 fully saturated rings. The number of likely N-dealkylation sites (N-methyl/N-ethyl adjacent to an activating group) is 1. The molecule has 1 N–H and O–H groups in total. The van der Waals surface area contributed by atoms with Crippen LogP contribution in [0.1, 0.15) is 11.3 Å². The highest BCUT2D eigenvalue weighted by molar-refractivity contribution is 8.00. The first-order chi connectivity index (χ1) is 14.1. The van der Waals surface area contributed by atoms with Crippen molar-refractivity contribution in [2.24, 2.45) is 0 Å². The molecule has 0 aliphatic carbocycles. The van der Waals surface area contributed by atoms with E-state index in [2.05, 4.69) is 10.4 Å². The average Bonchev–Trinajstić information content (AvgIpc) is 2.88. The molecule has 6 nitrogen and oxygen atoms in total. The Bertz CT molecular complexity index is 1020. The molecule has 0 aliphatic heterocycles. The van der Waals surface area contributed by atoms with E-state index >= 15 is 0 Å². The summed E-state index contributed by atoms with van der Waals surface area (Å²) in [5, 5.41) is 13.9. The van der Waals surface area contributed by atoms with Gasteiger partial charge in [-0.25, -0.2) is 4.68 Å². The van der Waals surface area contributed by atoms with Gasteiger partial charge >= 0.3 is 11.7 Å². The highest BCUT2D eigenvalue weighted by Gasteiger charge is 2.37. The van der Waals surface area contributed by atoms with Gasteiger partial charge in [0.05, 0.1) is 27.0 Å². The first-order valence-corrected chi connectivity index (χ1v) is 9.51. The summed E-state index contributed by atoms with van der Waals surface area (Å²) in [5.74, 6) is -1.40. The van der Waals surface area contributed by atoms with Crippen molar-refractivity contribution in [1.82, 2.24) is 14.7 Å².